The van der Waals surface area contributed by atoms with Crippen LogP contribution in [0.4, 0.5) is 0 Å². The smallest absolute Gasteiger partial charge is 0.237 e. The van der Waals surface area contributed by atoms with Gasteiger partial charge in [0.25, 0.3) is 0 Å². The van der Waals surface area contributed by atoms with E-state index in [1.165, 1.54) is 0 Å². The zero-order valence-electron chi connectivity index (χ0n) is 10.1. The average Bonchev–Trinajstić information content (AvgIpc) is 2.00. The molecule has 0 spiro atoms. The van der Waals surface area contributed by atoms with Gasteiger partial charge in [0.2, 0.25) is 5.91 Å². The van der Waals surface area contributed by atoms with Crippen LogP contribution in [0.2, 0.25) is 0 Å². The van der Waals surface area contributed by atoms with E-state index < -0.39 is 0 Å². The normalized spacial score (nSPS) is 14.2. The zero-order valence-corrected chi connectivity index (χ0v) is 10.1. The number of amides is 1. The summed E-state index contributed by atoms with van der Waals surface area (Å²) in [5, 5.41) is 2.86. The van der Waals surface area contributed by atoms with Crippen LogP contribution in [0.3, 0.4) is 0 Å². The fourth-order valence-corrected chi connectivity index (χ4v) is 0.981. The quantitative estimate of drug-likeness (QED) is 0.723. The number of nitrogens with one attached hydrogen (secondary N) is 1. The maximum absolute atomic E-state index is 11.4. The van der Waals surface area contributed by atoms with Crippen LogP contribution in [0, 0.1) is 11.3 Å². The summed E-state index contributed by atoms with van der Waals surface area (Å²) in [4.78, 5) is 11.4. The standard InChI is InChI=1S/C11H24N2O/c1-8(2)9(12)10(14)13-7-6-11(3,4)5/h8-9H,6-7,12H2,1-5H3,(H,13,14)/t9-/m0/s1. The molecule has 1 amide bonds. The highest BCUT2D eigenvalue weighted by atomic mass is 16.2. The molecule has 14 heavy (non-hydrogen) atoms. The van der Waals surface area contributed by atoms with Crippen LogP contribution >= 0.6 is 0 Å². The van der Waals surface area contributed by atoms with Gasteiger partial charge in [-0.05, 0) is 17.8 Å². The SMILES string of the molecule is CC(C)[C@H](N)C(=O)NCCC(C)(C)C. The van der Waals surface area contributed by atoms with Crippen molar-refractivity contribution in [2.75, 3.05) is 6.54 Å². The second kappa shape index (κ2) is 5.35. The molecule has 1 atom stereocenters. The Hall–Kier alpha value is -0.570. The van der Waals surface area contributed by atoms with Gasteiger partial charge in [0.15, 0.2) is 0 Å². The molecule has 3 heteroatoms. The van der Waals surface area contributed by atoms with Gasteiger partial charge in [-0.15, -0.1) is 0 Å². The molecule has 0 aromatic rings. The van der Waals surface area contributed by atoms with Crippen molar-refractivity contribution in [3.63, 3.8) is 0 Å². The van der Waals surface area contributed by atoms with E-state index in [-0.39, 0.29) is 23.3 Å². The number of hydrogen-bond donors (Lipinski definition) is 2. The molecule has 0 aromatic carbocycles. The number of rotatable bonds is 4. The van der Waals surface area contributed by atoms with E-state index in [0.29, 0.717) is 6.54 Å². The van der Waals surface area contributed by atoms with Gasteiger partial charge in [0.1, 0.15) is 0 Å². The summed E-state index contributed by atoms with van der Waals surface area (Å²) < 4.78 is 0. The first-order valence-electron chi connectivity index (χ1n) is 5.27. The summed E-state index contributed by atoms with van der Waals surface area (Å²) in [6, 6.07) is -0.380. The van der Waals surface area contributed by atoms with Gasteiger partial charge in [-0.25, -0.2) is 0 Å². The lowest BCUT2D eigenvalue weighted by atomic mass is 9.92. The molecule has 0 heterocycles. The highest BCUT2D eigenvalue weighted by Crippen LogP contribution is 2.16. The second-order valence-electron chi connectivity index (χ2n) is 5.37. The Kier molecular flexibility index (Phi) is 5.13. The molecule has 0 rings (SSSR count). The van der Waals surface area contributed by atoms with E-state index in [1.807, 2.05) is 13.8 Å². The fraction of sp³-hybridized carbons (Fsp3) is 0.909. The monoisotopic (exact) mass is 200 g/mol. The summed E-state index contributed by atoms with van der Waals surface area (Å²) >= 11 is 0. The van der Waals surface area contributed by atoms with Gasteiger partial charge in [0, 0.05) is 6.54 Å². The predicted octanol–water partition coefficient (Wildman–Crippen LogP) is 1.52. The van der Waals surface area contributed by atoms with Crippen LogP contribution in [0.15, 0.2) is 0 Å². The molecule has 3 N–H and O–H groups in total. The Morgan fingerprint density at radius 1 is 1.36 bits per heavy atom. The summed E-state index contributed by atoms with van der Waals surface area (Å²) in [6.45, 7) is 11.1. The minimum atomic E-state index is -0.380. The van der Waals surface area contributed by atoms with Crippen LogP contribution in [-0.4, -0.2) is 18.5 Å². The molecular weight excluding hydrogens is 176 g/mol. The molecule has 0 radical (unpaired) electrons. The lowest BCUT2D eigenvalue weighted by Crippen LogP contribution is -2.44. The van der Waals surface area contributed by atoms with Gasteiger partial charge >= 0.3 is 0 Å². The minimum Gasteiger partial charge on any atom is -0.355 e. The van der Waals surface area contributed by atoms with Gasteiger partial charge in [-0.3, -0.25) is 4.79 Å². The minimum absolute atomic E-state index is 0.0377. The van der Waals surface area contributed by atoms with Crippen molar-refractivity contribution in [2.45, 2.75) is 47.1 Å². The first kappa shape index (κ1) is 13.4. The summed E-state index contributed by atoms with van der Waals surface area (Å²) in [7, 11) is 0. The Labute approximate surface area is 87.4 Å². The average molecular weight is 200 g/mol. The zero-order chi connectivity index (χ0) is 11.4. The molecular formula is C11H24N2O. The van der Waals surface area contributed by atoms with Gasteiger partial charge in [-0.1, -0.05) is 34.6 Å². The number of hydrogen-bond acceptors (Lipinski definition) is 2. The van der Waals surface area contributed by atoms with E-state index in [2.05, 4.69) is 26.1 Å². The Bertz CT molecular complexity index is 182. The molecule has 0 aliphatic heterocycles. The van der Waals surface area contributed by atoms with Crippen LogP contribution in [0.25, 0.3) is 0 Å². The lowest BCUT2D eigenvalue weighted by Gasteiger charge is -2.20. The predicted molar refractivity (Wildman–Crippen MR) is 59.9 cm³/mol. The third-order valence-electron chi connectivity index (χ3n) is 2.20. The van der Waals surface area contributed by atoms with Crippen LogP contribution in [0.1, 0.15) is 41.0 Å². The molecule has 0 unspecified atom stereocenters. The number of carbonyl (C=O) groups is 1. The molecule has 84 valence electrons. The Morgan fingerprint density at radius 3 is 2.21 bits per heavy atom. The van der Waals surface area contributed by atoms with E-state index in [0.717, 1.165) is 6.42 Å². The van der Waals surface area contributed by atoms with Crippen molar-refractivity contribution < 1.29 is 4.79 Å². The molecule has 0 bridgehead atoms. The molecule has 0 saturated heterocycles. The molecule has 0 aromatic heterocycles. The Morgan fingerprint density at radius 2 is 1.86 bits per heavy atom. The first-order chi connectivity index (χ1) is 6.24. The van der Waals surface area contributed by atoms with Crippen LogP contribution in [0.5, 0.6) is 0 Å². The lowest BCUT2D eigenvalue weighted by molar-refractivity contribution is -0.123. The van der Waals surface area contributed by atoms with Crippen molar-refractivity contribution in [3.05, 3.63) is 0 Å². The first-order valence-corrected chi connectivity index (χ1v) is 5.27. The topological polar surface area (TPSA) is 55.1 Å². The molecule has 0 fully saturated rings. The van der Waals surface area contributed by atoms with Crippen molar-refractivity contribution in [2.24, 2.45) is 17.1 Å². The molecule has 0 aliphatic carbocycles. The summed E-state index contributed by atoms with van der Waals surface area (Å²) in [5.41, 5.74) is 5.96. The largest absolute Gasteiger partial charge is 0.355 e. The Balaban J connectivity index is 3.75. The maximum Gasteiger partial charge on any atom is 0.237 e. The number of carbonyl (C=O) groups excluding carboxylic acids is 1. The van der Waals surface area contributed by atoms with E-state index in [1.54, 1.807) is 0 Å². The molecule has 0 aliphatic rings. The van der Waals surface area contributed by atoms with Crippen molar-refractivity contribution in [1.29, 1.82) is 0 Å². The molecule has 3 nitrogen and oxygen atoms in total. The third kappa shape index (κ3) is 5.97. The number of nitrogens with two attached hydrogens (primary N) is 1. The third-order valence-corrected chi connectivity index (χ3v) is 2.20. The molecule has 0 saturated carbocycles. The van der Waals surface area contributed by atoms with Crippen LogP contribution < -0.4 is 11.1 Å². The highest BCUT2D eigenvalue weighted by molar-refractivity contribution is 5.81. The highest BCUT2D eigenvalue weighted by Gasteiger charge is 2.17. The van der Waals surface area contributed by atoms with Crippen molar-refractivity contribution in [3.8, 4) is 0 Å². The van der Waals surface area contributed by atoms with Gasteiger partial charge in [0.05, 0.1) is 6.04 Å². The van der Waals surface area contributed by atoms with Gasteiger partial charge < -0.3 is 11.1 Å². The van der Waals surface area contributed by atoms with Crippen molar-refractivity contribution >= 4 is 5.91 Å². The maximum atomic E-state index is 11.4. The summed E-state index contributed by atoms with van der Waals surface area (Å²) in [6.07, 6.45) is 0.976. The van der Waals surface area contributed by atoms with Crippen molar-refractivity contribution in [1.82, 2.24) is 5.32 Å². The van der Waals surface area contributed by atoms with E-state index in [9.17, 15) is 4.79 Å². The second-order valence-corrected chi connectivity index (χ2v) is 5.37. The van der Waals surface area contributed by atoms with E-state index in [4.69, 9.17) is 5.73 Å². The fourth-order valence-electron chi connectivity index (χ4n) is 0.981. The van der Waals surface area contributed by atoms with Gasteiger partial charge in [-0.2, -0.15) is 0 Å². The summed E-state index contributed by atoms with van der Waals surface area (Å²) in [5.74, 6) is 0.161. The van der Waals surface area contributed by atoms with Crippen LogP contribution in [-0.2, 0) is 4.79 Å². The van der Waals surface area contributed by atoms with E-state index >= 15 is 0 Å².